The van der Waals surface area contributed by atoms with Gasteiger partial charge in [0.2, 0.25) is 0 Å². The molecule has 214 valence electrons. The van der Waals surface area contributed by atoms with Gasteiger partial charge in [-0.05, 0) is 72.9 Å². The predicted octanol–water partition coefficient (Wildman–Crippen LogP) is 2.66. The van der Waals surface area contributed by atoms with E-state index in [1.54, 1.807) is 41.5 Å². The van der Waals surface area contributed by atoms with Gasteiger partial charge in [0.15, 0.2) is 5.69 Å². The van der Waals surface area contributed by atoms with Crippen molar-refractivity contribution in [3.05, 3.63) is 53.6 Å². The van der Waals surface area contributed by atoms with Crippen LogP contribution in [0, 0.1) is 0 Å². The highest BCUT2D eigenvalue weighted by molar-refractivity contribution is 6.06. The first-order valence-electron chi connectivity index (χ1n) is 13.0. The highest BCUT2D eigenvalue weighted by Crippen LogP contribution is 2.15. The van der Waals surface area contributed by atoms with E-state index >= 15 is 0 Å². The number of rotatable bonds is 12. The SMILES string of the molecule is CC(C)(C)OC(=O)[C@H](Cc1ccccc1)NC(=O)c1nc[nH]c1C(=O)N[C@@H](CCCCN)C(=O)OC(C)(C)C. The second kappa shape index (κ2) is 13.9. The highest BCUT2D eigenvalue weighted by Gasteiger charge is 2.32. The van der Waals surface area contributed by atoms with E-state index in [0.717, 1.165) is 5.56 Å². The quantitative estimate of drug-likeness (QED) is 0.234. The van der Waals surface area contributed by atoms with Crippen LogP contribution in [0.25, 0.3) is 0 Å². The average molecular weight is 544 g/mol. The number of amides is 2. The molecule has 1 heterocycles. The minimum absolute atomic E-state index is 0.150. The minimum Gasteiger partial charge on any atom is -0.458 e. The zero-order chi connectivity index (χ0) is 29.2. The molecule has 0 fully saturated rings. The Labute approximate surface area is 229 Å². The number of ether oxygens (including phenoxy) is 2. The van der Waals surface area contributed by atoms with Crippen molar-refractivity contribution in [1.82, 2.24) is 20.6 Å². The monoisotopic (exact) mass is 543 g/mol. The summed E-state index contributed by atoms with van der Waals surface area (Å²) in [6, 6.07) is 7.19. The summed E-state index contributed by atoms with van der Waals surface area (Å²) in [6.45, 7) is 10.8. The van der Waals surface area contributed by atoms with Crippen LogP contribution >= 0.6 is 0 Å². The molecule has 2 amide bonds. The molecule has 0 saturated heterocycles. The van der Waals surface area contributed by atoms with Gasteiger partial charge in [-0.2, -0.15) is 0 Å². The lowest BCUT2D eigenvalue weighted by Crippen LogP contribution is -2.47. The Balaban J connectivity index is 2.23. The van der Waals surface area contributed by atoms with Crippen LogP contribution in [0.5, 0.6) is 0 Å². The Morgan fingerprint density at radius 1 is 0.872 bits per heavy atom. The van der Waals surface area contributed by atoms with Crippen LogP contribution in [0.3, 0.4) is 0 Å². The number of hydrogen-bond acceptors (Lipinski definition) is 8. The fraction of sp³-hybridized carbons (Fsp3) is 0.536. The number of nitrogens with two attached hydrogens (primary N) is 1. The number of aromatic amines is 1. The molecule has 11 nitrogen and oxygen atoms in total. The van der Waals surface area contributed by atoms with Gasteiger partial charge in [-0.1, -0.05) is 30.3 Å². The zero-order valence-electron chi connectivity index (χ0n) is 23.6. The summed E-state index contributed by atoms with van der Waals surface area (Å²) < 4.78 is 11.0. The lowest BCUT2D eigenvalue weighted by atomic mass is 10.1. The maximum Gasteiger partial charge on any atom is 0.329 e. The molecule has 1 aromatic carbocycles. The van der Waals surface area contributed by atoms with Gasteiger partial charge in [0, 0.05) is 6.42 Å². The molecular weight excluding hydrogens is 502 g/mol. The number of imidazole rings is 1. The van der Waals surface area contributed by atoms with Crippen molar-refractivity contribution >= 4 is 23.8 Å². The van der Waals surface area contributed by atoms with Crippen LogP contribution in [0.4, 0.5) is 0 Å². The molecule has 0 aliphatic rings. The normalized spacial score (nSPS) is 13.2. The van der Waals surface area contributed by atoms with Gasteiger partial charge in [-0.25, -0.2) is 14.6 Å². The van der Waals surface area contributed by atoms with E-state index in [9.17, 15) is 19.2 Å². The van der Waals surface area contributed by atoms with E-state index in [1.807, 2.05) is 30.3 Å². The molecule has 2 aromatic rings. The van der Waals surface area contributed by atoms with Crippen LogP contribution < -0.4 is 16.4 Å². The van der Waals surface area contributed by atoms with Crippen molar-refractivity contribution in [2.24, 2.45) is 5.73 Å². The van der Waals surface area contributed by atoms with E-state index < -0.39 is 47.0 Å². The van der Waals surface area contributed by atoms with Crippen molar-refractivity contribution in [2.75, 3.05) is 6.54 Å². The summed E-state index contributed by atoms with van der Waals surface area (Å²) in [5.74, 6) is -2.67. The molecule has 11 heteroatoms. The third-order valence-electron chi connectivity index (χ3n) is 5.30. The highest BCUT2D eigenvalue weighted by atomic mass is 16.6. The predicted molar refractivity (Wildman–Crippen MR) is 146 cm³/mol. The van der Waals surface area contributed by atoms with E-state index in [-0.39, 0.29) is 17.8 Å². The molecule has 2 rings (SSSR count). The van der Waals surface area contributed by atoms with Crippen molar-refractivity contribution in [2.45, 2.75) is 90.5 Å². The first-order chi connectivity index (χ1) is 18.2. The fourth-order valence-electron chi connectivity index (χ4n) is 3.63. The van der Waals surface area contributed by atoms with Crippen molar-refractivity contribution < 1.29 is 28.7 Å². The van der Waals surface area contributed by atoms with Gasteiger partial charge in [0.25, 0.3) is 11.8 Å². The standard InChI is InChI=1S/C28H41N5O6/c1-27(2,3)38-25(36)19(14-10-11-15-29)32-23(34)21-22(31-17-30-21)24(35)33-20(26(37)39-28(4,5)6)16-18-12-8-7-9-13-18/h7-9,12-13,17,19-20H,10-11,14-16,29H2,1-6H3,(H,30,31)(H,32,34)(H,33,35)/t19-,20-/m0/s1. The van der Waals surface area contributed by atoms with Crippen molar-refractivity contribution in [3.8, 4) is 0 Å². The summed E-state index contributed by atoms with van der Waals surface area (Å²) in [4.78, 5) is 58.8. The summed E-state index contributed by atoms with van der Waals surface area (Å²) in [7, 11) is 0. The van der Waals surface area contributed by atoms with Gasteiger partial charge in [0.05, 0.1) is 6.33 Å². The summed E-state index contributed by atoms with van der Waals surface area (Å²) in [5.41, 5.74) is 4.49. The van der Waals surface area contributed by atoms with Crippen molar-refractivity contribution in [3.63, 3.8) is 0 Å². The molecule has 1 aromatic heterocycles. The maximum absolute atomic E-state index is 13.2. The molecule has 0 unspecified atom stereocenters. The molecule has 0 bridgehead atoms. The summed E-state index contributed by atoms with van der Waals surface area (Å²) in [6.07, 6.45) is 2.94. The molecule has 0 aliphatic heterocycles. The largest absolute Gasteiger partial charge is 0.458 e. The van der Waals surface area contributed by atoms with Crippen LogP contribution in [-0.2, 0) is 25.5 Å². The molecule has 0 spiro atoms. The number of nitrogens with one attached hydrogen (secondary N) is 3. The second-order valence-corrected chi connectivity index (χ2v) is 11.2. The van der Waals surface area contributed by atoms with E-state index in [4.69, 9.17) is 15.2 Å². The van der Waals surface area contributed by atoms with Crippen LogP contribution in [0.1, 0.15) is 87.3 Å². The van der Waals surface area contributed by atoms with Gasteiger partial charge in [0.1, 0.15) is 29.0 Å². The maximum atomic E-state index is 13.2. The van der Waals surface area contributed by atoms with Crippen molar-refractivity contribution in [1.29, 1.82) is 0 Å². The number of unbranched alkanes of at least 4 members (excludes halogenated alkanes) is 1. The zero-order valence-corrected chi connectivity index (χ0v) is 23.6. The smallest absolute Gasteiger partial charge is 0.329 e. The Hall–Kier alpha value is -3.73. The number of carbonyl (C=O) groups is 4. The van der Waals surface area contributed by atoms with Crippen LogP contribution in [0.2, 0.25) is 0 Å². The van der Waals surface area contributed by atoms with E-state index in [0.29, 0.717) is 25.8 Å². The van der Waals surface area contributed by atoms with Gasteiger partial charge < -0.3 is 30.8 Å². The number of nitrogens with zero attached hydrogens (tertiary/aromatic N) is 1. The number of aromatic nitrogens is 2. The number of hydrogen-bond donors (Lipinski definition) is 4. The molecule has 0 radical (unpaired) electrons. The average Bonchev–Trinajstić information content (AvgIpc) is 3.32. The second-order valence-electron chi connectivity index (χ2n) is 11.2. The minimum atomic E-state index is -1.03. The first kappa shape index (κ1) is 31.5. The fourth-order valence-corrected chi connectivity index (χ4v) is 3.63. The topological polar surface area (TPSA) is 165 Å². The third kappa shape index (κ3) is 10.9. The number of H-pyrrole nitrogens is 1. The van der Waals surface area contributed by atoms with Crippen LogP contribution in [0.15, 0.2) is 36.7 Å². The summed E-state index contributed by atoms with van der Waals surface area (Å²) >= 11 is 0. The third-order valence-corrected chi connectivity index (χ3v) is 5.30. The number of carbonyl (C=O) groups excluding carboxylic acids is 4. The van der Waals surface area contributed by atoms with Gasteiger partial charge in [-0.3, -0.25) is 9.59 Å². The molecule has 2 atom stereocenters. The Bertz CT molecular complexity index is 1120. The summed E-state index contributed by atoms with van der Waals surface area (Å²) in [5, 5.41) is 5.30. The lowest BCUT2D eigenvalue weighted by molar-refractivity contribution is -0.158. The Morgan fingerprint density at radius 3 is 2.00 bits per heavy atom. The molecule has 0 aliphatic carbocycles. The first-order valence-corrected chi connectivity index (χ1v) is 13.0. The van der Waals surface area contributed by atoms with E-state index in [1.165, 1.54) is 6.33 Å². The van der Waals surface area contributed by atoms with Gasteiger partial charge >= 0.3 is 11.9 Å². The molecule has 5 N–H and O–H groups in total. The Kier molecular flexibility index (Phi) is 11.2. The number of esters is 2. The van der Waals surface area contributed by atoms with Gasteiger partial charge in [-0.15, -0.1) is 0 Å². The van der Waals surface area contributed by atoms with Crippen LogP contribution in [-0.4, -0.2) is 63.6 Å². The molecule has 39 heavy (non-hydrogen) atoms. The molecular formula is C28H41N5O6. The van der Waals surface area contributed by atoms with E-state index in [2.05, 4.69) is 20.6 Å². The Morgan fingerprint density at radius 2 is 1.44 bits per heavy atom. The number of benzene rings is 1. The molecule has 0 saturated carbocycles. The lowest BCUT2D eigenvalue weighted by Gasteiger charge is -2.25.